The fourth-order valence-corrected chi connectivity index (χ4v) is 3.33. The zero-order valence-electron chi connectivity index (χ0n) is 8.87. The van der Waals surface area contributed by atoms with Crippen molar-refractivity contribution in [2.75, 3.05) is 0 Å². The van der Waals surface area contributed by atoms with Crippen molar-refractivity contribution in [2.45, 2.75) is 13.3 Å². The highest BCUT2D eigenvalue weighted by atomic mass is 79.9. The second-order valence-corrected chi connectivity index (χ2v) is 5.73. The molecule has 1 aromatic carbocycles. The molecule has 1 heterocycles. The van der Waals surface area contributed by atoms with Crippen molar-refractivity contribution < 1.29 is 4.79 Å². The van der Waals surface area contributed by atoms with Gasteiger partial charge in [0.05, 0.1) is 4.88 Å². The third kappa shape index (κ3) is 2.60. The molecule has 0 aliphatic rings. The number of carbonyl (C=O) groups excluding carboxylic acids is 1. The van der Waals surface area contributed by atoms with Crippen molar-refractivity contribution in [1.29, 1.82) is 0 Å². The molecule has 0 unspecified atom stereocenters. The predicted octanol–water partition coefficient (Wildman–Crippen LogP) is 4.24. The van der Waals surface area contributed by atoms with Gasteiger partial charge in [0.1, 0.15) is 0 Å². The topological polar surface area (TPSA) is 17.1 Å². The van der Waals surface area contributed by atoms with E-state index < -0.39 is 0 Å². The van der Waals surface area contributed by atoms with E-state index in [0.29, 0.717) is 6.42 Å². The number of Topliss-reactive ketones (excluding diaryl/α,β-unsaturated/α-hetero) is 1. The number of carbonyl (C=O) groups is 1. The standard InChI is InChI=1S/C13H11BrOS/c1-9-7-11(14)13(16-9)12(15)8-10-5-3-2-4-6-10/h2-7H,8H2,1H3. The van der Waals surface area contributed by atoms with Gasteiger partial charge in [0.2, 0.25) is 0 Å². The highest BCUT2D eigenvalue weighted by Crippen LogP contribution is 2.28. The minimum Gasteiger partial charge on any atom is -0.293 e. The fourth-order valence-electron chi connectivity index (χ4n) is 1.53. The Kier molecular flexibility index (Phi) is 3.56. The molecule has 0 aliphatic carbocycles. The summed E-state index contributed by atoms with van der Waals surface area (Å²) >= 11 is 4.97. The Hall–Kier alpha value is -0.930. The first-order valence-corrected chi connectivity index (χ1v) is 6.61. The van der Waals surface area contributed by atoms with Crippen LogP contribution < -0.4 is 0 Å². The van der Waals surface area contributed by atoms with Gasteiger partial charge in [-0.3, -0.25) is 4.79 Å². The molecule has 0 atom stereocenters. The summed E-state index contributed by atoms with van der Waals surface area (Å²) in [6.07, 6.45) is 0.472. The lowest BCUT2D eigenvalue weighted by atomic mass is 10.1. The van der Waals surface area contributed by atoms with Gasteiger partial charge in [0.15, 0.2) is 5.78 Å². The van der Waals surface area contributed by atoms with Crippen LogP contribution in [0.5, 0.6) is 0 Å². The van der Waals surface area contributed by atoms with E-state index >= 15 is 0 Å². The molecule has 0 saturated carbocycles. The number of halogens is 1. The second kappa shape index (κ2) is 4.93. The van der Waals surface area contributed by atoms with E-state index in [9.17, 15) is 4.79 Å². The third-order valence-electron chi connectivity index (χ3n) is 2.27. The van der Waals surface area contributed by atoms with Gasteiger partial charge >= 0.3 is 0 Å². The minimum atomic E-state index is 0.177. The Morgan fingerprint density at radius 1 is 1.31 bits per heavy atom. The first kappa shape index (κ1) is 11.6. The van der Waals surface area contributed by atoms with Crippen LogP contribution in [-0.2, 0) is 6.42 Å². The lowest BCUT2D eigenvalue weighted by molar-refractivity contribution is 0.0996. The molecule has 0 amide bonds. The van der Waals surface area contributed by atoms with Gasteiger partial charge in [-0.25, -0.2) is 0 Å². The molecule has 82 valence electrons. The lowest BCUT2D eigenvalue weighted by Crippen LogP contribution is -2.01. The highest BCUT2D eigenvalue weighted by molar-refractivity contribution is 9.10. The summed E-state index contributed by atoms with van der Waals surface area (Å²) in [6.45, 7) is 2.01. The van der Waals surface area contributed by atoms with Crippen molar-refractivity contribution in [3.05, 3.63) is 56.2 Å². The maximum atomic E-state index is 12.0. The van der Waals surface area contributed by atoms with Gasteiger partial charge in [-0.05, 0) is 34.5 Å². The average Bonchev–Trinajstić information content (AvgIpc) is 2.59. The third-order valence-corrected chi connectivity index (χ3v) is 4.25. The molecule has 0 spiro atoms. The van der Waals surface area contributed by atoms with Crippen LogP contribution in [0.15, 0.2) is 40.9 Å². The van der Waals surface area contributed by atoms with Crippen LogP contribution in [0.1, 0.15) is 20.1 Å². The highest BCUT2D eigenvalue weighted by Gasteiger charge is 2.13. The van der Waals surface area contributed by atoms with Gasteiger partial charge < -0.3 is 0 Å². The van der Waals surface area contributed by atoms with Crippen LogP contribution >= 0.6 is 27.3 Å². The molecule has 16 heavy (non-hydrogen) atoms. The van der Waals surface area contributed by atoms with Crippen LogP contribution in [0.2, 0.25) is 0 Å². The van der Waals surface area contributed by atoms with E-state index in [1.54, 1.807) is 11.3 Å². The van der Waals surface area contributed by atoms with Gasteiger partial charge in [0, 0.05) is 15.8 Å². The Bertz CT molecular complexity index is 502. The van der Waals surface area contributed by atoms with E-state index in [-0.39, 0.29) is 5.78 Å². The van der Waals surface area contributed by atoms with E-state index in [1.165, 1.54) is 0 Å². The molecule has 0 radical (unpaired) electrons. The van der Waals surface area contributed by atoms with Crippen LogP contribution in [0.3, 0.4) is 0 Å². The van der Waals surface area contributed by atoms with Crippen molar-refractivity contribution in [3.8, 4) is 0 Å². The number of rotatable bonds is 3. The summed E-state index contributed by atoms with van der Waals surface area (Å²) < 4.78 is 0.913. The van der Waals surface area contributed by atoms with Crippen LogP contribution in [0.4, 0.5) is 0 Å². The molecule has 3 heteroatoms. The first-order valence-electron chi connectivity index (χ1n) is 5.00. The number of ketones is 1. The summed E-state index contributed by atoms with van der Waals surface area (Å²) in [5.74, 6) is 0.177. The molecule has 2 rings (SSSR count). The number of thiophene rings is 1. The molecule has 0 N–H and O–H groups in total. The smallest absolute Gasteiger partial charge is 0.178 e. The van der Waals surface area contributed by atoms with Crippen molar-refractivity contribution in [1.82, 2.24) is 0 Å². The zero-order chi connectivity index (χ0) is 11.5. The molecule has 0 saturated heterocycles. The summed E-state index contributed by atoms with van der Waals surface area (Å²) in [5, 5.41) is 0. The molecular weight excluding hydrogens is 284 g/mol. The van der Waals surface area contributed by atoms with Crippen molar-refractivity contribution in [3.63, 3.8) is 0 Å². The Morgan fingerprint density at radius 3 is 2.56 bits per heavy atom. The van der Waals surface area contributed by atoms with Crippen LogP contribution in [0.25, 0.3) is 0 Å². The average molecular weight is 295 g/mol. The largest absolute Gasteiger partial charge is 0.293 e. The molecular formula is C13H11BrOS. The monoisotopic (exact) mass is 294 g/mol. The maximum Gasteiger partial charge on any atom is 0.178 e. The normalized spacial score (nSPS) is 10.4. The number of hydrogen-bond donors (Lipinski definition) is 0. The molecule has 0 fully saturated rings. The van der Waals surface area contributed by atoms with Gasteiger partial charge in [-0.2, -0.15) is 0 Å². The van der Waals surface area contributed by atoms with Gasteiger partial charge in [-0.1, -0.05) is 30.3 Å². The van der Waals surface area contributed by atoms with Gasteiger partial charge in [-0.15, -0.1) is 11.3 Å². The van der Waals surface area contributed by atoms with Crippen LogP contribution in [0, 0.1) is 6.92 Å². The first-order chi connectivity index (χ1) is 7.66. The predicted molar refractivity (Wildman–Crippen MR) is 71.2 cm³/mol. The summed E-state index contributed by atoms with van der Waals surface area (Å²) in [4.78, 5) is 14.0. The van der Waals surface area contributed by atoms with Crippen molar-refractivity contribution >= 4 is 33.0 Å². The van der Waals surface area contributed by atoms with E-state index in [0.717, 1.165) is 19.8 Å². The molecule has 0 aliphatic heterocycles. The molecule has 0 bridgehead atoms. The number of hydrogen-bond acceptors (Lipinski definition) is 2. The molecule has 1 aromatic heterocycles. The van der Waals surface area contributed by atoms with E-state index in [1.807, 2.05) is 43.3 Å². The Morgan fingerprint density at radius 2 is 2.00 bits per heavy atom. The maximum absolute atomic E-state index is 12.0. The van der Waals surface area contributed by atoms with Gasteiger partial charge in [0.25, 0.3) is 0 Å². The second-order valence-electron chi connectivity index (χ2n) is 3.62. The number of aryl methyl sites for hydroxylation is 1. The van der Waals surface area contributed by atoms with E-state index in [4.69, 9.17) is 0 Å². The fraction of sp³-hybridized carbons (Fsp3) is 0.154. The Labute approximate surface area is 107 Å². The van der Waals surface area contributed by atoms with Crippen molar-refractivity contribution in [2.24, 2.45) is 0 Å². The number of benzene rings is 1. The summed E-state index contributed by atoms with van der Waals surface area (Å²) in [6, 6.07) is 11.8. The zero-order valence-corrected chi connectivity index (χ0v) is 11.3. The Balaban J connectivity index is 2.18. The minimum absolute atomic E-state index is 0.177. The lowest BCUT2D eigenvalue weighted by Gasteiger charge is -1.99. The summed E-state index contributed by atoms with van der Waals surface area (Å²) in [5.41, 5.74) is 1.06. The SMILES string of the molecule is Cc1cc(Br)c(C(=O)Cc2ccccc2)s1. The summed E-state index contributed by atoms with van der Waals surface area (Å²) in [7, 11) is 0. The molecule has 2 aromatic rings. The van der Waals surface area contributed by atoms with Crippen LogP contribution in [-0.4, -0.2) is 5.78 Å². The molecule has 1 nitrogen and oxygen atoms in total. The van der Waals surface area contributed by atoms with E-state index in [2.05, 4.69) is 15.9 Å². The quantitative estimate of drug-likeness (QED) is 0.774.